The number of nitrogens with zero attached hydrogens (tertiary/aromatic N) is 1. The van der Waals surface area contributed by atoms with Gasteiger partial charge in [-0.3, -0.25) is 4.99 Å². The Morgan fingerprint density at radius 1 is 1.26 bits per heavy atom. The van der Waals surface area contributed by atoms with Crippen LogP contribution in [-0.2, 0) is 6.42 Å². The molecule has 1 aromatic rings. The minimum atomic E-state index is 0.299. The van der Waals surface area contributed by atoms with Crippen molar-refractivity contribution in [3.05, 3.63) is 35.9 Å². The third-order valence-electron chi connectivity index (χ3n) is 4.14. The molecule has 0 radical (unpaired) electrons. The maximum Gasteiger partial charge on any atom is 0.157 e. The number of hydrogen-bond acceptors (Lipinski definition) is 3. The van der Waals surface area contributed by atoms with Crippen LogP contribution in [0.1, 0.15) is 38.2 Å². The zero-order valence-electron chi connectivity index (χ0n) is 11.6. The van der Waals surface area contributed by atoms with Crippen LogP contribution in [0, 0.1) is 0 Å². The highest BCUT2D eigenvalue weighted by molar-refractivity contribution is 8.14. The van der Waals surface area contributed by atoms with Gasteiger partial charge in [0.05, 0.1) is 6.04 Å². The molecule has 1 atom stereocenters. The number of aliphatic imine (C=N–C) groups is 1. The molecule has 1 saturated carbocycles. The van der Waals surface area contributed by atoms with Crippen LogP contribution < -0.4 is 5.32 Å². The van der Waals surface area contributed by atoms with Crippen molar-refractivity contribution in [2.45, 2.75) is 50.6 Å². The number of hydrogen-bond donors (Lipinski definition) is 1. The summed E-state index contributed by atoms with van der Waals surface area (Å²) in [5.74, 6) is 1.12. The first-order chi connectivity index (χ1) is 9.23. The van der Waals surface area contributed by atoms with E-state index in [4.69, 9.17) is 4.99 Å². The normalized spacial score (nSPS) is 25.3. The van der Waals surface area contributed by atoms with E-state index in [9.17, 15) is 0 Å². The Balaban J connectivity index is 1.58. The number of amidine groups is 1. The number of rotatable bonds is 3. The van der Waals surface area contributed by atoms with Gasteiger partial charge in [-0.15, -0.1) is 0 Å². The van der Waals surface area contributed by atoms with Gasteiger partial charge in [-0.2, -0.15) is 0 Å². The first-order valence-corrected chi connectivity index (χ1v) is 8.25. The molecule has 3 heteroatoms. The Hall–Kier alpha value is -0.960. The lowest BCUT2D eigenvalue weighted by molar-refractivity contribution is 0.434. The third kappa shape index (κ3) is 3.33. The number of nitrogens with one attached hydrogen (secondary N) is 1. The summed E-state index contributed by atoms with van der Waals surface area (Å²) in [6, 6.07) is 11.1. The standard InChI is InChI=1S/C16H22N2S/c1-16(9-5-6-10-16)18-15-17-14(12-19-15)11-13-7-3-2-4-8-13/h2-4,7-8,14H,5-6,9-12H2,1H3,(H,17,18). The van der Waals surface area contributed by atoms with Gasteiger partial charge in [0.2, 0.25) is 0 Å². The lowest BCUT2D eigenvalue weighted by atomic mass is 10.0. The molecule has 2 nitrogen and oxygen atoms in total. The molecule has 0 spiro atoms. The predicted molar refractivity (Wildman–Crippen MR) is 83.8 cm³/mol. The molecule has 19 heavy (non-hydrogen) atoms. The molecule has 1 aliphatic carbocycles. The van der Waals surface area contributed by atoms with E-state index in [1.807, 2.05) is 11.8 Å². The molecular formula is C16H22N2S. The van der Waals surface area contributed by atoms with Crippen LogP contribution in [0.25, 0.3) is 0 Å². The Kier molecular flexibility index (Phi) is 3.83. The molecule has 1 N–H and O–H groups in total. The largest absolute Gasteiger partial charge is 0.360 e. The topological polar surface area (TPSA) is 24.4 Å². The van der Waals surface area contributed by atoms with E-state index in [-0.39, 0.29) is 0 Å². The summed E-state index contributed by atoms with van der Waals surface area (Å²) in [6.07, 6.45) is 6.35. The van der Waals surface area contributed by atoms with Gasteiger partial charge in [0.1, 0.15) is 0 Å². The van der Waals surface area contributed by atoms with Crippen molar-refractivity contribution in [1.29, 1.82) is 0 Å². The fourth-order valence-electron chi connectivity index (χ4n) is 3.01. The average molecular weight is 274 g/mol. The summed E-state index contributed by atoms with van der Waals surface area (Å²) in [4.78, 5) is 4.86. The number of benzene rings is 1. The minimum Gasteiger partial charge on any atom is -0.360 e. The highest BCUT2D eigenvalue weighted by Gasteiger charge is 2.31. The van der Waals surface area contributed by atoms with Crippen LogP contribution >= 0.6 is 11.8 Å². The van der Waals surface area contributed by atoms with Crippen molar-refractivity contribution < 1.29 is 0 Å². The molecule has 0 aromatic heterocycles. The molecule has 0 bridgehead atoms. The van der Waals surface area contributed by atoms with Crippen molar-refractivity contribution in [3.63, 3.8) is 0 Å². The van der Waals surface area contributed by atoms with E-state index < -0.39 is 0 Å². The van der Waals surface area contributed by atoms with Crippen LogP contribution in [0.15, 0.2) is 35.3 Å². The van der Waals surface area contributed by atoms with E-state index >= 15 is 0 Å². The maximum atomic E-state index is 4.86. The Morgan fingerprint density at radius 2 is 2.00 bits per heavy atom. The highest BCUT2D eigenvalue weighted by atomic mass is 32.2. The van der Waals surface area contributed by atoms with E-state index in [1.54, 1.807) is 0 Å². The van der Waals surface area contributed by atoms with Gasteiger partial charge in [-0.25, -0.2) is 0 Å². The molecular weight excluding hydrogens is 252 g/mol. The van der Waals surface area contributed by atoms with Gasteiger partial charge in [0.15, 0.2) is 5.17 Å². The van der Waals surface area contributed by atoms with E-state index in [0.29, 0.717) is 11.6 Å². The molecule has 1 heterocycles. The van der Waals surface area contributed by atoms with Gasteiger partial charge in [0.25, 0.3) is 0 Å². The maximum absolute atomic E-state index is 4.86. The summed E-state index contributed by atoms with van der Waals surface area (Å²) >= 11 is 1.89. The lowest BCUT2D eigenvalue weighted by Crippen LogP contribution is -2.41. The van der Waals surface area contributed by atoms with E-state index in [2.05, 4.69) is 42.6 Å². The zero-order chi connectivity index (χ0) is 13.1. The summed E-state index contributed by atoms with van der Waals surface area (Å²) in [6.45, 7) is 2.34. The smallest absolute Gasteiger partial charge is 0.157 e. The van der Waals surface area contributed by atoms with Crippen LogP contribution in [0.3, 0.4) is 0 Å². The van der Waals surface area contributed by atoms with Crippen molar-refractivity contribution in [3.8, 4) is 0 Å². The van der Waals surface area contributed by atoms with Crippen molar-refractivity contribution in [1.82, 2.24) is 5.32 Å². The van der Waals surface area contributed by atoms with Gasteiger partial charge < -0.3 is 5.32 Å². The average Bonchev–Trinajstić information content (AvgIpc) is 3.01. The highest BCUT2D eigenvalue weighted by Crippen LogP contribution is 2.31. The van der Waals surface area contributed by atoms with Crippen molar-refractivity contribution in [2.24, 2.45) is 4.99 Å². The second kappa shape index (κ2) is 5.58. The molecule has 1 unspecified atom stereocenters. The van der Waals surface area contributed by atoms with Crippen LogP contribution in [0.2, 0.25) is 0 Å². The molecule has 2 aliphatic rings. The Morgan fingerprint density at radius 3 is 2.74 bits per heavy atom. The summed E-state index contributed by atoms with van der Waals surface area (Å²) in [5, 5.41) is 4.85. The number of thioether (sulfide) groups is 1. The Labute approximate surface area is 120 Å². The molecule has 1 fully saturated rings. The first kappa shape index (κ1) is 13.0. The fourth-order valence-corrected chi connectivity index (χ4v) is 4.10. The molecule has 1 aliphatic heterocycles. The van der Waals surface area contributed by atoms with Gasteiger partial charge in [0, 0.05) is 11.3 Å². The van der Waals surface area contributed by atoms with Gasteiger partial charge >= 0.3 is 0 Å². The lowest BCUT2D eigenvalue weighted by Gasteiger charge is -2.25. The summed E-state index contributed by atoms with van der Waals surface area (Å²) in [7, 11) is 0. The van der Waals surface area contributed by atoms with Crippen molar-refractivity contribution >= 4 is 16.9 Å². The van der Waals surface area contributed by atoms with Gasteiger partial charge in [-0.1, -0.05) is 54.9 Å². The second-order valence-electron chi connectivity index (χ2n) is 5.98. The first-order valence-electron chi connectivity index (χ1n) is 7.26. The molecule has 102 valence electrons. The van der Waals surface area contributed by atoms with E-state index in [0.717, 1.165) is 12.2 Å². The predicted octanol–water partition coefficient (Wildman–Crippen LogP) is 3.62. The zero-order valence-corrected chi connectivity index (χ0v) is 12.4. The van der Waals surface area contributed by atoms with Crippen LogP contribution in [-0.4, -0.2) is 22.5 Å². The molecule has 0 amide bonds. The quantitative estimate of drug-likeness (QED) is 0.910. The Bertz CT molecular complexity index is 449. The van der Waals surface area contributed by atoms with E-state index in [1.165, 1.54) is 36.4 Å². The molecule has 0 saturated heterocycles. The molecule has 1 aromatic carbocycles. The fraction of sp³-hybridized carbons (Fsp3) is 0.562. The molecule has 3 rings (SSSR count). The van der Waals surface area contributed by atoms with Crippen LogP contribution in [0.5, 0.6) is 0 Å². The van der Waals surface area contributed by atoms with Crippen LogP contribution in [0.4, 0.5) is 0 Å². The van der Waals surface area contributed by atoms with Crippen molar-refractivity contribution in [2.75, 3.05) is 5.75 Å². The summed E-state index contributed by atoms with van der Waals surface area (Å²) in [5.41, 5.74) is 1.69. The summed E-state index contributed by atoms with van der Waals surface area (Å²) < 4.78 is 0. The minimum absolute atomic E-state index is 0.299. The second-order valence-corrected chi connectivity index (χ2v) is 6.99. The SMILES string of the molecule is CC1(NC2=NC(Cc3ccccc3)CS2)CCCC1. The third-order valence-corrected chi connectivity index (χ3v) is 5.17. The monoisotopic (exact) mass is 274 g/mol. The van der Waals surface area contributed by atoms with Gasteiger partial charge in [-0.05, 0) is 31.7 Å².